The van der Waals surface area contributed by atoms with E-state index >= 15 is 0 Å². The van der Waals surface area contributed by atoms with Crippen molar-refractivity contribution in [2.24, 2.45) is 0 Å². The van der Waals surface area contributed by atoms with E-state index in [9.17, 15) is 0 Å². The highest BCUT2D eigenvalue weighted by atomic mass is 16.3. The molecule has 0 aliphatic carbocycles. The molecule has 0 saturated heterocycles. The van der Waals surface area contributed by atoms with Crippen LogP contribution in [0.15, 0.2) is 65.2 Å². The molecule has 6 aromatic rings. The van der Waals surface area contributed by atoms with Crippen molar-refractivity contribution < 1.29 is 4.42 Å². The third-order valence-corrected chi connectivity index (χ3v) is 5.50. The summed E-state index contributed by atoms with van der Waals surface area (Å²) in [5.41, 5.74) is 6.80. The lowest BCUT2D eigenvalue weighted by Gasteiger charge is -2.18. The van der Waals surface area contributed by atoms with Crippen LogP contribution in [0, 0.1) is 0 Å². The molecule has 0 aliphatic rings. The minimum atomic E-state index is 0.0198. The van der Waals surface area contributed by atoms with Crippen LogP contribution in [0.25, 0.3) is 49.5 Å². The number of pyridine rings is 2. The Labute approximate surface area is 161 Å². The molecule has 0 fully saturated rings. The molecule has 0 amide bonds. The monoisotopic (exact) mass is 365 g/mol. The van der Waals surface area contributed by atoms with Crippen LogP contribution in [0.2, 0.25) is 0 Å². The Kier molecular flexibility index (Phi) is 2.85. The minimum Gasteiger partial charge on any atom is -0.456 e. The van der Waals surface area contributed by atoms with Gasteiger partial charge in [0.05, 0.1) is 16.6 Å². The SMILES string of the molecule is CC(C)(C)c1ccc2c(ccn3c4cc5c(cc4nc23)oc2ccccc25)n1. The highest BCUT2D eigenvalue weighted by Crippen LogP contribution is 2.33. The predicted molar refractivity (Wildman–Crippen MR) is 114 cm³/mol. The Hall–Kier alpha value is -3.40. The summed E-state index contributed by atoms with van der Waals surface area (Å²) in [6.45, 7) is 6.55. The van der Waals surface area contributed by atoms with Gasteiger partial charge in [0.15, 0.2) is 0 Å². The third-order valence-electron chi connectivity index (χ3n) is 5.50. The molecule has 4 nitrogen and oxygen atoms in total. The molecule has 0 bridgehead atoms. The number of aromatic nitrogens is 3. The van der Waals surface area contributed by atoms with Crippen LogP contribution in [-0.4, -0.2) is 14.4 Å². The number of fused-ring (bicyclic) bond motifs is 8. The van der Waals surface area contributed by atoms with Crippen LogP contribution in [-0.2, 0) is 5.41 Å². The molecule has 0 spiro atoms. The van der Waals surface area contributed by atoms with E-state index in [0.29, 0.717) is 0 Å². The predicted octanol–water partition coefficient (Wildman–Crippen LogP) is 6.23. The van der Waals surface area contributed by atoms with Crippen LogP contribution in [0.3, 0.4) is 0 Å². The van der Waals surface area contributed by atoms with Crippen LogP contribution in [0.5, 0.6) is 0 Å². The van der Waals surface area contributed by atoms with Gasteiger partial charge in [0, 0.05) is 39.5 Å². The van der Waals surface area contributed by atoms with Gasteiger partial charge in [0.2, 0.25) is 0 Å². The second kappa shape index (κ2) is 5.10. The Morgan fingerprint density at radius 3 is 2.50 bits per heavy atom. The molecule has 0 aliphatic heterocycles. The molecule has 4 heterocycles. The van der Waals surface area contributed by atoms with Crippen molar-refractivity contribution in [1.29, 1.82) is 0 Å². The number of imidazole rings is 1. The summed E-state index contributed by atoms with van der Waals surface area (Å²) < 4.78 is 8.19. The highest BCUT2D eigenvalue weighted by molar-refractivity contribution is 6.10. The quantitative estimate of drug-likeness (QED) is 0.320. The first kappa shape index (κ1) is 15.6. The highest BCUT2D eigenvalue weighted by Gasteiger charge is 2.17. The van der Waals surface area contributed by atoms with Gasteiger partial charge in [-0.1, -0.05) is 39.0 Å². The van der Waals surface area contributed by atoms with Crippen molar-refractivity contribution in [3.05, 3.63) is 66.5 Å². The van der Waals surface area contributed by atoms with E-state index in [-0.39, 0.29) is 5.41 Å². The molecule has 0 atom stereocenters. The van der Waals surface area contributed by atoms with Gasteiger partial charge in [-0.15, -0.1) is 0 Å². The fraction of sp³-hybridized carbons (Fsp3) is 0.167. The molecule has 2 aromatic carbocycles. The van der Waals surface area contributed by atoms with E-state index in [4.69, 9.17) is 14.4 Å². The maximum atomic E-state index is 6.04. The summed E-state index contributed by atoms with van der Waals surface area (Å²) in [5.74, 6) is 0. The summed E-state index contributed by atoms with van der Waals surface area (Å²) in [7, 11) is 0. The zero-order valence-electron chi connectivity index (χ0n) is 16.0. The number of nitrogens with zero attached hydrogens (tertiary/aromatic N) is 3. The lowest BCUT2D eigenvalue weighted by atomic mass is 9.91. The Bertz CT molecular complexity index is 1550. The van der Waals surface area contributed by atoms with Gasteiger partial charge in [-0.3, -0.25) is 9.38 Å². The topological polar surface area (TPSA) is 43.3 Å². The molecule has 0 saturated carbocycles. The molecule has 4 heteroatoms. The summed E-state index contributed by atoms with van der Waals surface area (Å²) in [4.78, 5) is 9.80. The Balaban J connectivity index is 1.70. The molecule has 0 unspecified atom stereocenters. The lowest BCUT2D eigenvalue weighted by molar-refractivity contribution is 0.571. The average Bonchev–Trinajstić information content (AvgIpc) is 3.22. The van der Waals surface area contributed by atoms with E-state index in [1.807, 2.05) is 24.3 Å². The molecule has 0 N–H and O–H groups in total. The fourth-order valence-corrected chi connectivity index (χ4v) is 4.01. The van der Waals surface area contributed by atoms with Gasteiger partial charge < -0.3 is 4.42 Å². The molecule has 28 heavy (non-hydrogen) atoms. The number of furan rings is 1. The zero-order chi connectivity index (χ0) is 19.0. The maximum absolute atomic E-state index is 6.04. The summed E-state index contributed by atoms with van der Waals surface area (Å²) >= 11 is 0. The first-order chi connectivity index (χ1) is 13.5. The van der Waals surface area contributed by atoms with E-state index in [1.165, 1.54) is 0 Å². The summed E-state index contributed by atoms with van der Waals surface area (Å²) in [6.07, 6.45) is 2.07. The van der Waals surface area contributed by atoms with Crippen molar-refractivity contribution in [3.63, 3.8) is 0 Å². The van der Waals surface area contributed by atoms with Crippen LogP contribution in [0.1, 0.15) is 26.5 Å². The van der Waals surface area contributed by atoms with Crippen molar-refractivity contribution >= 4 is 49.5 Å². The second-order valence-electron chi connectivity index (χ2n) is 8.44. The molecular weight excluding hydrogens is 346 g/mol. The van der Waals surface area contributed by atoms with Crippen molar-refractivity contribution in [1.82, 2.24) is 14.4 Å². The lowest BCUT2D eigenvalue weighted by Crippen LogP contribution is -2.13. The number of para-hydroxylation sites is 1. The van der Waals surface area contributed by atoms with Gasteiger partial charge in [-0.05, 0) is 30.3 Å². The molecular formula is C24H19N3O. The second-order valence-corrected chi connectivity index (χ2v) is 8.44. The van der Waals surface area contributed by atoms with Gasteiger partial charge in [-0.25, -0.2) is 4.98 Å². The van der Waals surface area contributed by atoms with Crippen LogP contribution in [0.4, 0.5) is 0 Å². The standard InChI is InChI=1S/C24H19N3O/c1-24(2,3)22-9-8-15-17(25-22)10-11-27-19-12-16-14-6-4-5-7-20(14)28-21(16)13-18(19)26-23(15)27/h4-13H,1-3H3. The largest absolute Gasteiger partial charge is 0.456 e. The maximum Gasteiger partial charge on any atom is 0.147 e. The van der Waals surface area contributed by atoms with Gasteiger partial charge in [0.25, 0.3) is 0 Å². The van der Waals surface area contributed by atoms with Gasteiger partial charge in [-0.2, -0.15) is 0 Å². The molecule has 136 valence electrons. The Morgan fingerprint density at radius 2 is 1.64 bits per heavy atom. The minimum absolute atomic E-state index is 0.0198. The van der Waals surface area contributed by atoms with Crippen molar-refractivity contribution in [2.45, 2.75) is 26.2 Å². The van der Waals surface area contributed by atoms with E-state index in [0.717, 1.165) is 55.2 Å². The third kappa shape index (κ3) is 2.06. The van der Waals surface area contributed by atoms with E-state index < -0.39 is 0 Å². The number of benzene rings is 2. The fourth-order valence-electron chi connectivity index (χ4n) is 4.01. The van der Waals surface area contributed by atoms with Gasteiger partial charge in [0.1, 0.15) is 16.8 Å². The van der Waals surface area contributed by atoms with E-state index in [1.54, 1.807) is 0 Å². The first-order valence-electron chi connectivity index (χ1n) is 9.52. The number of rotatable bonds is 0. The Morgan fingerprint density at radius 1 is 0.786 bits per heavy atom. The zero-order valence-corrected chi connectivity index (χ0v) is 16.0. The molecule has 0 radical (unpaired) electrons. The normalized spacial score (nSPS) is 12.8. The van der Waals surface area contributed by atoms with Crippen molar-refractivity contribution in [2.75, 3.05) is 0 Å². The first-order valence-corrected chi connectivity index (χ1v) is 9.52. The van der Waals surface area contributed by atoms with Gasteiger partial charge >= 0.3 is 0 Å². The molecule has 6 rings (SSSR count). The van der Waals surface area contributed by atoms with Crippen molar-refractivity contribution in [3.8, 4) is 0 Å². The average molecular weight is 365 g/mol. The summed E-state index contributed by atoms with van der Waals surface area (Å²) in [6, 6.07) is 18.7. The summed E-state index contributed by atoms with van der Waals surface area (Å²) in [5, 5.41) is 3.31. The smallest absolute Gasteiger partial charge is 0.147 e. The number of hydrogen-bond donors (Lipinski definition) is 0. The van der Waals surface area contributed by atoms with E-state index in [2.05, 4.69) is 61.7 Å². The van der Waals surface area contributed by atoms with Crippen LogP contribution < -0.4 is 0 Å². The number of hydrogen-bond acceptors (Lipinski definition) is 3. The molecule has 4 aromatic heterocycles. The van der Waals surface area contributed by atoms with Crippen LogP contribution >= 0.6 is 0 Å².